The lowest BCUT2D eigenvalue weighted by atomic mass is 9.99. The van der Waals surface area contributed by atoms with Crippen LogP contribution >= 0.6 is 15.9 Å². The third-order valence-electron chi connectivity index (χ3n) is 2.79. The van der Waals surface area contributed by atoms with Gasteiger partial charge in [0.1, 0.15) is 5.82 Å². The van der Waals surface area contributed by atoms with Crippen LogP contribution in [0, 0.1) is 12.7 Å². The van der Waals surface area contributed by atoms with Crippen LogP contribution in [0.3, 0.4) is 0 Å². The molecule has 0 aliphatic heterocycles. The van der Waals surface area contributed by atoms with Gasteiger partial charge in [-0.1, -0.05) is 15.9 Å². The molecule has 2 aromatic rings. The molecule has 1 aromatic heterocycles. The van der Waals surface area contributed by atoms with Crippen molar-refractivity contribution in [2.45, 2.75) is 19.4 Å². The van der Waals surface area contributed by atoms with Crippen LogP contribution in [0.5, 0.6) is 0 Å². The van der Waals surface area contributed by atoms with E-state index in [1.54, 1.807) is 18.5 Å². The number of rotatable bonds is 3. The lowest BCUT2D eigenvalue weighted by molar-refractivity contribution is 0.177. The van der Waals surface area contributed by atoms with Crippen LogP contribution in [0.2, 0.25) is 0 Å². The van der Waals surface area contributed by atoms with E-state index in [1.807, 2.05) is 13.0 Å². The number of pyridine rings is 1. The predicted octanol–water partition coefficient (Wildman–Crippen LogP) is 3.57. The minimum atomic E-state index is -0.674. The maximum absolute atomic E-state index is 13.2. The van der Waals surface area contributed by atoms with Crippen molar-refractivity contribution in [1.82, 2.24) is 4.98 Å². The average molecular weight is 310 g/mol. The maximum Gasteiger partial charge on any atom is 0.124 e. The summed E-state index contributed by atoms with van der Waals surface area (Å²) >= 11 is 3.24. The number of aliphatic hydroxyl groups is 1. The fourth-order valence-electron chi connectivity index (χ4n) is 1.89. The number of hydrogen-bond acceptors (Lipinski definition) is 2. The first-order chi connectivity index (χ1) is 8.56. The van der Waals surface area contributed by atoms with Crippen LogP contribution in [-0.2, 0) is 6.42 Å². The third kappa shape index (κ3) is 3.15. The molecule has 18 heavy (non-hydrogen) atoms. The molecular formula is C14H13BrFNO. The molecule has 1 aromatic carbocycles. The Morgan fingerprint density at radius 3 is 2.83 bits per heavy atom. The molecule has 4 heteroatoms. The molecule has 1 N–H and O–H groups in total. The minimum absolute atomic E-state index is 0.311. The zero-order valence-corrected chi connectivity index (χ0v) is 11.5. The van der Waals surface area contributed by atoms with Crippen molar-refractivity contribution in [2.24, 2.45) is 0 Å². The summed E-state index contributed by atoms with van der Waals surface area (Å²) in [5.74, 6) is -0.311. The van der Waals surface area contributed by atoms with E-state index in [9.17, 15) is 9.50 Å². The molecule has 0 bridgehead atoms. The van der Waals surface area contributed by atoms with Gasteiger partial charge in [0.15, 0.2) is 0 Å². The van der Waals surface area contributed by atoms with Crippen molar-refractivity contribution in [3.8, 4) is 0 Å². The van der Waals surface area contributed by atoms with Crippen molar-refractivity contribution < 1.29 is 9.50 Å². The Labute approximate surface area is 114 Å². The van der Waals surface area contributed by atoms with Gasteiger partial charge in [-0.15, -0.1) is 0 Å². The summed E-state index contributed by atoms with van der Waals surface area (Å²) in [5, 5.41) is 10.2. The van der Waals surface area contributed by atoms with Crippen molar-refractivity contribution in [2.75, 3.05) is 0 Å². The highest BCUT2D eigenvalue weighted by Crippen LogP contribution is 2.23. The van der Waals surface area contributed by atoms with Crippen LogP contribution in [0.1, 0.15) is 22.8 Å². The zero-order valence-electron chi connectivity index (χ0n) is 9.90. The first-order valence-corrected chi connectivity index (χ1v) is 6.39. The maximum atomic E-state index is 13.2. The highest BCUT2D eigenvalue weighted by atomic mass is 79.9. The summed E-state index contributed by atoms with van der Waals surface area (Å²) in [7, 11) is 0. The number of halogens is 2. The fourth-order valence-corrected chi connectivity index (χ4v) is 2.40. The molecule has 2 nitrogen and oxygen atoms in total. The topological polar surface area (TPSA) is 33.1 Å². The predicted molar refractivity (Wildman–Crippen MR) is 71.7 cm³/mol. The third-order valence-corrected chi connectivity index (χ3v) is 3.25. The molecule has 2 rings (SSSR count). The minimum Gasteiger partial charge on any atom is -0.388 e. The van der Waals surface area contributed by atoms with E-state index in [1.165, 1.54) is 12.1 Å². The average Bonchev–Trinajstić information content (AvgIpc) is 2.27. The first-order valence-electron chi connectivity index (χ1n) is 5.60. The second-order valence-corrected chi connectivity index (χ2v) is 5.15. The fraction of sp³-hybridized carbons (Fsp3) is 0.214. The normalized spacial score (nSPS) is 12.4. The van der Waals surface area contributed by atoms with Gasteiger partial charge in [0.2, 0.25) is 0 Å². The van der Waals surface area contributed by atoms with Gasteiger partial charge in [0.05, 0.1) is 6.10 Å². The summed E-state index contributed by atoms with van der Waals surface area (Å²) < 4.78 is 13.9. The second-order valence-electron chi connectivity index (χ2n) is 4.23. The van der Waals surface area contributed by atoms with Crippen molar-refractivity contribution >= 4 is 15.9 Å². The molecule has 1 unspecified atom stereocenters. The lowest BCUT2D eigenvalue weighted by Gasteiger charge is -2.13. The van der Waals surface area contributed by atoms with Gasteiger partial charge < -0.3 is 5.11 Å². The number of hydrogen-bond donors (Lipinski definition) is 1. The van der Waals surface area contributed by atoms with Crippen LogP contribution < -0.4 is 0 Å². The van der Waals surface area contributed by atoms with Crippen LogP contribution in [0.15, 0.2) is 41.1 Å². The summed E-state index contributed by atoms with van der Waals surface area (Å²) in [6, 6.07) is 6.48. The van der Waals surface area contributed by atoms with Gasteiger partial charge in [-0.25, -0.2) is 4.39 Å². The van der Waals surface area contributed by atoms with E-state index in [0.29, 0.717) is 10.9 Å². The highest BCUT2D eigenvalue weighted by Gasteiger charge is 2.12. The zero-order chi connectivity index (χ0) is 13.1. The number of nitrogens with zero attached hydrogens (tertiary/aromatic N) is 1. The van der Waals surface area contributed by atoms with Crippen LogP contribution in [-0.4, -0.2) is 10.1 Å². The smallest absolute Gasteiger partial charge is 0.124 e. The summed E-state index contributed by atoms with van der Waals surface area (Å²) in [4.78, 5) is 4.00. The molecule has 0 saturated heterocycles. The number of aliphatic hydroxyl groups excluding tert-OH is 1. The molecule has 94 valence electrons. The standard InChI is InChI=1S/C14H13BrFNO/c1-9-2-3-17-8-13(9)14(18)6-10-4-11(15)7-12(16)5-10/h2-5,7-8,14,18H,6H2,1H3. The van der Waals surface area contributed by atoms with E-state index in [4.69, 9.17) is 0 Å². The molecule has 0 aliphatic rings. The molecule has 1 atom stereocenters. The van der Waals surface area contributed by atoms with E-state index in [-0.39, 0.29) is 5.82 Å². The van der Waals surface area contributed by atoms with Crippen LogP contribution in [0.25, 0.3) is 0 Å². The van der Waals surface area contributed by atoms with Crippen molar-refractivity contribution in [3.63, 3.8) is 0 Å². The van der Waals surface area contributed by atoms with Gasteiger partial charge >= 0.3 is 0 Å². The number of benzene rings is 1. The Hall–Kier alpha value is -1.26. The lowest BCUT2D eigenvalue weighted by Crippen LogP contribution is -2.04. The summed E-state index contributed by atoms with van der Waals surface area (Å²) in [5.41, 5.74) is 2.50. The van der Waals surface area contributed by atoms with E-state index >= 15 is 0 Å². The molecule has 1 heterocycles. The van der Waals surface area contributed by atoms with Crippen molar-refractivity contribution in [1.29, 1.82) is 0 Å². The Kier molecular flexibility index (Phi) is 4.09. The monoisotopic (exact) mass is 309 g/mol. The van der Waals surface area contributed by atoms with Crippen LogP contribution in [0.4, 0.5) is 4.39 Å². The van der Waals surface area contributed by atoms with Gasteiger partial charge in [0, 0.05) is 28.9 Å². The molecular weight excluding hydrogens is 297 g/mol. The van der Waals surface area contributed by atoms with Gasteiger partial charge in [0.25, 0.3) is 0 Å². The molecule has 0 radical (unpaired) electrons. The van der Waals surface area contributed by atoms with Gasteiger partial charge in [-0.2, -0.15) is 0 Å². The van der Waals surface area contributed by atoms with Gasteiger partial charge in [-0.05, 0) is 42.3 Å². The molecule has 0 saturated carbocycles. The molecule has 0 aliphatic carbocycles. The Morgan fingerprint density at radius 2 is 2.17 bits per heavy atom. The summed E-state index contributed by atoms with van der Waals surface area (Å²) in [6.45, 7) is 1.92. The quantitative estimate of drug-likeness (QED) is 0.940. The Bertz CT molecular complexity index is 539. The molecule has 0 fully saturated rings. The highest BCUT2D eigenvalue weighted by molar-refractivity contribution is 9.10. The molecule has 0 amide bonds. The van der Waals surface area contributed by atoms with E-state index in [2.05, 4.69) is 20.9 Å². The SMILES string of the molecule is Cc1ccncc1C(O)Cc1cc(F)cc(Br)c1. The Morgan fingerprint density at radius 1 is 1.39 bits per heavy atom. The van der Waals surface area contributed by atoms with Gasteiger partial charge in [-0.3, -0.25) is 4.98 Å². The number of aromatic nitrogens is 1. The Balaban J connectivity index is 2.21. The van der Waals surface area contributed by atoms with E-state index < -0.39 is 6.10 Å². The summed E-state index contributed by atoms with van der Waals surface area (Å²) in [6.07, 6.45) is 3.02. The number of aryl methyl sites for hydroxylation is 1. The molecule has 0 spiro atoms. The largest absolute Gasteiger partial charge is 0.388 e. The second kappa shape index (κ2) is 5.59. The first kappa shape index (κ1) is 13.2. The van der Waals surface area contributed by atoms with E-state index in [0.717, 1.165) is 16.7 Å². The van der Waals surface area contributed by atoms with Crippen molar-refractivity contribution in [3.05, 3.63) is 63.6 Å².